The predicted octanol–water partition coefficient (Wildman–Crippen LogP) is 1.26. The maximum Gasteiger partial charge on any atom is 0.0718 e. The van der Waals surface area contributed by atoms with Crippen LogP contribution in [0.1, 0.15) is 32.6 Å². The summed E-state index contributed by atoms with van der Waals surface area (Å²) in [4.78, 5) is 2.46. The van der Waals surface area contributed by atoms with Crippen molar-refractivity contribution >= 4 is 0 Å². The molecular formula is C12H23NO2. The van der Waals surface area contributed by atoms with Crippen LogP contribution in [-0.4, -0.2) is 48.5 Å². The van der Waals surface area contributed by atoms with Crippen LogP contribution in [0, 0.1) is 5.92 Å². The van der Waals surface area contributed by atoms with Gasteiger partial charge in [-0.3, -0.25) is 4.90 Å². The van der Waals surface area contributed by atoms with Crippen LogP contribution in [0.3, 0.4) is 0 Å². The van der Waals surface area contributed by atoms with Crippen molar-refractivity contribution in [3.63, 3.8) is 0 Å². The second kappa shape index (κ2) is 5.28. The second-order valence-corrected chi connectivity index (χ2v) is 4.92. The summed E-state index contributed by atoms with van der Waals surface area (Å²) in [6, 6.07) is 0.766. The van der Waals surface area contributed by atoms with E-state index in [0.29, 0.717) is 5.92 Å². The Balaban J connectivity index is 1.76. The SMILES string of the molecule is CCCN(CC(O)C1CCOC1)C1CC1. The topological polar surface area (TPSA) is 32.7 Å². The van der Waals surface area contributed by atoms with Gasteiger partial charge in [0.25, 0.3) is 0 Å². The van der Waals surface area contributed by atoms with Crippen LogP contribution in [0.4, 0.5) is 0 Å². The first kappa shape index (κ1) is 11.4. The zero-order valence-electron chi connectivity index (χ0n) is 9.69. The Morgan fingerprint density at radius 3 is 2.73 bits per heavy atom. The maximum absolute atomic E-state index is 10.1. The highest BCUT2D eigenvalue weighted by atomic mass is 16.5. The molecule has 1 saturated heterocycles. The molecule has 1 saturated carbocycles. The van der Waals surface area contributed by atoms with Crippen molar-refractivity contribution in [3.05, 3.63) is 0 Å². The standard InChI is InChI=1S/C12H23NO2/c1-2-6-13(11-3-4-11)8-12(14)10-5-7-15-9-10/h10-12,14H,2-9H2,1H3. The molecule has 1 heterocycles. The van der Waals surface area contributed by atoms with Crippen LogP contribution in [0.15, 0.2) is 0 Å². The van der Waals surface area contributed by atoms with Crippen LogP contribution in [-0.2, 0) is 4.74 Å². The lowest BCUT2D eigenvalue weighted by atomic mass is 10.0. The summed E-state index contributed by atoms with van der Waals surface area (Å²) >= 11 is 0. The molecule has 1 N–H and O–H groups in total. The molecule has 2 fully saturated rings. The van der Waals surface area contributed by atoms with E-state index in [4.69, 9.17) is 4.74 Å². The summed E-state index contributed by atoms with van der Waals surface area (Å²) in [6.45, 7) is 5.78. The van der Waals surface area contributed by atoms with Crippen LogP contribution in [0.5, 0.6) is 0 Å². The quantitative estimate of drug-likeness (QED) is 0.721. The molecule has 2 aliphatic rings. The molecule has 0 bridgehead atoms. The van der Waals surface area contributed by atoms with Gasteiger partial charge < -0.3 is 9.84 Å². The van der Waals surface area contributed by atoms with E-state index in [9.17, 15) is 5.11 Å². The molecule has 15 heavy (non-hydrogen) atoms. The fourth-order valence-corrected chi connectivity index (χ4v) is 2.40. The van der Waals surface area contributed by atoms with Crippen LogP contribution in [0.25, 0.3) is 0 Å². The van der Waals surface area contributed by atoms with Gasteiger partial charge in [-0.2, -0.15) is 0 Å². The molecular weight excluding hydrogens is 190 g/mol. The lowest BCUT2D eigenvalue weighted by Crippen LogP contribution is -2.38. The van der Waals surface area contributed by atoms with Crippen LogP contribution >= 0.6 is 0 Å². The van der Waals surface area contributed by atoms with E-state index < -0.39 is 0 Å². The van der Waals surface area contributed by atoms with Crippen LogP contribution < -0.4 is 0 Å². The summed E-state index contributed by atoms with van der Waals surface area (Å²) in [6.07, 6.45) is 4.69. The molecule has 0 radical (unpaired) electrons. The molecule has 1 aliphatic carbocycles. The maximum atomic E-state index is 10.1. The highest BCUT2D eigenvalue weighted by Gasteiger charge is 2.32. The molecule has 3 nitrogen and oxygen atoms in total. The van der Waals surface area contributed by atoms with E-state index in [-0.39, 0.29) is 6.10 Å². The minimum Gasteiger partial charge on any atom is -0.391 e. The third-order valence-electron chi connectivity index (χ3n) is 3.50. The van der Waals surface area contributed by atoms with Gasteiger partial charge in [-0.1, -0.05) is 6.92 Å². The molecule has 1 aliphatic heterocycles. The molecule has 0 spiro atoms. The van der Waals surface area contributed by atoms with Crippen molar-refractivity contribution in [1.29, 1.82) is 0 Å². The van der Waals surface area contributed by atoms with E-state index in [2.05, 4.69) is 11.8 Å². The van der Waals surface area contributed by atoms with Crippen LogP contribution in [0.2, 0.25) is 0 Å². The highest BCUT2D eigenvalue weighted by molar-refractivity contribution is 4.87. The molecule has 2 rings (SSSR count). The smallest absolute Gasteiger partial charge is 0.0718 e. The van der Waals surface area contributed by atoms with Gasteiger partial charge in [0.05, 0.1) is 12.7 Å². The molecule has 0 aromatic rings. The summed E-state index contributed by atoms with van der Waals surface area (Å²) in [7, 11) is 0. The number of ether oxygens (including phenoxy) is 1. The van der Waals surface area contributed by atoms with E-state index in [0.717, 1.165) is 38.8 Å². The average Bonchev–Trinajstić information content (AvgIpc) is 2.92. The Hall–Kier alpha value is -0.120. The van der Waals surface area contributed by atoms with Gasteiger partial charge in [0.2, 0.25) is 0 Å². The van der Waals surface area contributed by atoms with Gasteiger partial charge >= 0.3 is 0 Å². The van der Waals surface area contributed by atoms with E-state index >= 15 is 0 Å². The minimum atomic E-state index is -0.181. The predicted molar refractivity (Wildman–Crippen MR) is 59.8 cm³/mol. The number of aliphatic hydroxyl groups excluding tert-OH is 1. The zero-order chi connectivity index (χ0) is 10.7. The number of nitrogens with zero attached hydrogens (tertiary/aromatic N) is 1. The molecule has 3 heteroatoms. The first-order valence-electron chi connectivity index (χ1n) is 6.31. The van der Waals surface area contributed by atoms with Crippen molar-refractivity contribution < 1.29 is 9.84 Å². The Bertz CT molecular complexity index is 188. The zero-order valence-corrected chi connectivity index (χ0v) is 9.69. The summed E-state index contributed by atoms with van der Waals surface area (Å²) in [5, 5.41) is 10.1. The van der Waals surface area contributed by atoms with E-state index in [1.165, 1.54) is 19.3 Å². The van der Waals surface area contributed by atoms with Crippen molar-refractivity contribution in [2.45, 2.75) is 44.8 Å². The van der Waals surface area contributed by atoms with Gasteiger partial charge in [-0.05, 0) is 32.2 Å². The fourth-order valence-electron chi connectivity index (χ4n) is 2.40. The lowest BCUT2D eigenvalue weighted by Gasteiger charge is -2.26. The van der Waals surface area contributed by atoms with Crippen molar-refractivity contribution in [1.82, 2.24) is 4.90 Å². The highest BCUT2D eigenvalue weighted by Crippen LogP contribution is 2.28. The van der Waals surface area contributed by atoms with Crippen molar-refractivity contribution in [2.24, 2.45) is 5.92 Å². The van der Waals surface area contributed by atoms with Gasteiger partial charge in [0, 0.05) is 25.1 Å². The molecule has 0 aromatic carbocycles. The monoisotopic (exact) mass is 213 g/mol. The van der Waals surface area contributed by atoms with E-state index in [1.54, 1.807) is 0 Å². The Morgan fingerprint density at radius 1 is 1.40 bits per heavy atom. The van der Waals surface area contributed by atoms with Gasteiger partial charge in [-0.25, -0.2) is 0 Å². The normalized spacial score (nSPS) is 28.6. The lowest BCUT2D eigenvalue weighted by molar-refractivity contribution is 0.0532. The number of aliphatic hydroxyl groups is 1. The second-order valence-electron chi connectivity index (χ2n) is 4.92. The molecule has 0 amide bonds. The van der Waals surface area contributed by atoms with Gasteiger partial charge in [0.15, 0.2) is 0 Å². The van der Waals surface area contributed by atoms with Gasteiger partial charge in [0.1, 0.15) is 0 Å². The number of hydrogen-bond donors (Lipinski definition) is 1. The first-order valence-corrected chi connectivity index (χ1v) is 6.31. The summed E-state index contributed by atoms with van der Waals surface area (Å²) in [5.41, 5.74) is 0. The fraction of sp³-hybridized carbons (Fsp3) is 1.00. The van der Waals surface area contributed by atoms with E-state index in [1.807, 2.05) is 0 Å². The molecule has 2 atom stereocenters. The minimum absolute atomic E-state index is 0.181. The average molecular weight is 213 g/mol. The molecule has 0 aromatic heterocycles. The largest absolute Gasteiger partial charge is 0.391 e. The summed E-state index contributed by atoms with van der Waals surface area (Å²) in [5.74, 6) is 0.378. The third-order valence-corrected chi connectivity index (χ3v) is 3.50. The first-order chi connectivity index (χ1) is 7.31. The third kappa shape index (κ3) is 3.16. The summed E-state index contributed by atoms with van der Waals surface area (Å²) < 4.78 is 5.32. The Kier molecular flexibility index (Phi) is 4.00. The van der Waals surface area contributed by atoms with Crippen molar-refractivity contribution in [2.75, 3.05) is 26.3 Å². The number of hydrogen-bond acceptors (Lipinski definition) is 3. The van der Waals surface area contributed by atoms with Gasteiger partial charge in [-0.15, -0.1) is 0 Å². The number of rotatable bonds is 6. The molecule has 88 valence electrons. The van der Waals surface area contributed by atoms with Crippen molar-refractivity contribution in [3.8, 4) is 0 Å². The Morgan fingerprint density at radius 2 is 2.20 bits per heavy atom. The molecule has 2 unspecified atom stereocenters. The Labute approximate surface area is 92.4 Å².